The molecule has 6 heteroatoms. The van der Waals surface area contributed by atoms with Crippen molar-refractivity contribution in [2.75, 3.05) is 6.54 Å². The molecule has 0 radical (unpaired) electrons. The molecule has 2 unspecified atom stereocenters. The lowest BCUT2D eigenvalue weighted by Crippen LogP contribution is -2.27. The van der Waals surface area contributed by atoms with Crippen LogP contribution in [0.5, 0.6) is 0 Å². The first-order valence-corrected chi connectivity index (χ1v) is 5.94. The number of rotatable bonds is 3. The molecule has 2 atom stereocenters. The van der Waals surface area contributed by atoms with Gasteiger partial charge in [0, 0.05) is 6.54 Å². The van der Waals surface area contributed by atoms with Crippen LogP contribution in [0.3, 0.4) is 0 Å². The standard InChI is InChI=1S/C13H13F4NO/c1-7-5-8(7)6-18-12(19)9-3-2-4-10(11(9)14)13(15,16)17/h2-4,7-8H,5-6H2,1H3,(H,18,19). The van der Waals surface area contributed by atoms with E-state index in [9.17, 15) is 22.4 Å². The third kappa shape index (κ3) is 3.05. The zero-order valence-electron chi connectivity index (χ0n) is 10.2. The van der Waals surface area contributed by atoms with Gasteiger partial charge in [-0.15, -0.1) is 0 Å². The third-order valence-electron chi connectivity index (χ3n) is 3.35. The summed E-state index contributed by atoms with van der Waals surface area (Å²) in [5.74, 6) is -1.47. The number of hydrogen-bond donors (Lipinski definition) is 1. The maximum atomic E-state index is 13.7. The minimum Gasteiger partial charge on any atom is -0.352 e. The van der Waals surface area contributed by atoms with Crippen LogP contribution in [0, 0.1) is 17.7 Å². The Morgan fingerprint density at radius 1 is 1.42 bits per heavy atom. The number of carbonyl (C=O) groups is 1. The second-order valence-corrected chi connectivity index (χ2v) is 4.85. The van der Waals surface area contributed by atoms with Crippen molar-refractivity contribution in [1.82, 2.24) is 5.32 Å². The molecule has 0 aliphatic heterocycles. The largest absolute Gasteiger partial charge is 0.419 e. The summed E-state index contributed by atoms with van der Waals surface area (Å²) in [7, 11) is 0. The SMILES string of the molecule is CC1CC1CNC(=O)c1cccc(C(F)(F)F)c1F. The molecule has 1 aliphatic carbocycles. The van der Waals surface area contributed by atoms with E-state index in [1.807, 2.05) is 6.92 Å². The monoisotopic (exact) mass is 275 g/mol. The summed E-state index contributed by atoms with van der Waals surface area (Å²) in [6.45, 7) is 2.39. The zero-order chi connectivity index (χ0) is 14.2. The number of halogens is 4. The number of alkyl halides is 3. The summed E-state index contributed by atoms with van der Waals surface area (Å²) in [6.07, 6.45) is -3.82. The molecule has 0 spiro atoms. The molecule has 104 valence electrons. The number of carbonyl (C=O) groups excluding carboxylic acids is 1. The average Bonchev–Trinajstić information content (AvgIpc) is 3.01. The van der Waals surface area contributed by atoms with E-state index in [0.717, 1.165) is 18.6 Å². The Hall–Kier alpha value is -1.59. The molecule has 1 aromatic carbocycles. The molecule has 19 heavy (non-hydrogen) atoms. The van der Waals surface area contributed by atoms with E-state index in [0.29, 0.717) is 24.4 Å². The van der Waals surface area contributed by atoms with Crippen LogP contribution in [0.15, 0.2) is 18.2 Å². The van der Waals surface area contributed by atoms with Gasteiger partial charge in [-0.05, 0) is 30.4 Å². The summed E-state index contributed by atoms with van der Waals surface area (Å²) in [4.78, 5) is 11.7. The molecule has 1 aliphatic rings. The van der Waals surface area contributed by atoms with Crippen LogP contribution in [-0.2, 0) is 6.18 Å². The Balaban J connectivity index is 2.13. The first-order valence-electron chi connectivity index (χ1n) is 5.94. The van der Waals surface area contributed by atoms with E-state index in [2.05, 4.69) is 5.32 Å². The highest BCUT2D eigenvalue weighted by Crippen LogP contribution is 2.37. The molecule has 0 aromatic heterocycles. The number of hydrogen-bond acceptors (Lipinski definition) is 1. The minimum atomic E-state index is -4.80. The third-order valence-corrected chi connectivity index (χ3v) is 3.35. The Bertz CT molecular complexity index is 498. The summed E-state index contributed by atoms with van der Waals surface area (Å²) < 4.78 is 51.1. The Kier molecular flexibility index (Phi) is 3.52. The molecule has 2 rings (SSSR count). The molecular formula is C13H13F4NO. The lowest BCUT2D eigenvalue weighted by molar-refractivity contribution is -0.140. The van der Waals surface area contributed by atoms with Crippen LogP contribution >= 0.6 is 0 Å². The van der Waals surface area contributed by atoms with E-state index >= 15 is 0 Å². The molecule has 1 N–H and O–H groups in total. The van der Waals surface area contributed by atoms with E-state index in [4.69, 9.17) is 0 Å². The van der Waals surface area contributed by atoms with Gasteiger partial charge >= 0.3 is 6.18 Å². The Labute approximate surface area is 107 Å². The molecule has 1 amide bonds. The van der Waals surface area contributed by atoms with E-state index in [-0.39, 0.29) is 0 Å². The van der Waals surface area contributed by atoms with Gasteiger partial charge in [0.2, 0.25) is 0 Å². The smallest absolute Gasteiger partial charge is 0.352 e. The summed E-state index contributed by atoms with van der Waals surface area (Å²) >= 11 is 0. The first-order chi connectivity index (χ1) is 8.80. The molecule has 0 heterocycles. The Morgan fingerprint density at radius 2 is 2.05 bits per heavy atom. The van der Waals surface area contributed by atoms with Crippen molar-refractivity contribution in [3.63, 3.8) is 0 Å². The molecule has 1 fully saturated rings. The molecule has 0 bridgehead atoms. The van der Waals surface area contributed by atoms with Crippen molar-refractivity contribution < 1.29 is 22.4 Å². The van der Waals surface area contributed by atoms with Crippen LogP contribution in [-0.4, -0.2) is 12.5 Å². The highest BCUT2D eigenvalue weighted by atomic mass is 19.4. The normalized spacial score (nSPS) is 22.2. The van der Waals surface area contributed by atoms with Crippen LogP contribution in [0.4, 0.5) is 17.6 Å². The van der Waals surface area contributed by atoms with Crippen molar-refractivity contribution in [2.24, 2.45) is 11.8 Å². The quantitative estimate of drug-likeness (QED) is 0.843. The topological polar surface area (TPSA) is 29.1 Å². The van der Waals surface area contributed by atoms with Gasteiger partial charge in [-0.3, -0.25) is 4.79 Å². The maximum Gasteiger partial charge on any atom is 0.419 e. The van der Waals surface area contributed by atoms with Crippen molar-refractivity contribution >= 4 is 5.91 Å². The lowest BCUT2D eigenvalue weighted by atomic mass is 10.1. The highest BCUT2D eigenvalue weighted by molar-refractivity contribution is 5.94. The molecule has 2 nitrogen and oxygen atoms in total. The van der Waals surface area contributed by atoms with Gasteiger partial charge in [-0.1, -0.05) is 13.0 Å². The van der Waals surface area contributed by atoms with E-state index in [1.165, 1.54) is 0 Å². The fourth-order valence-electron chi connectivity index (χ4n) is 1.93. The fraction of sp³-hybridized carbons (Fsp3) is 0.462. The minimum absolute atomic E-state index is 0.345. The van der Waals surface area contributed by atoms with Gasteiger partial charge in [0.15, 0.2) is 0 Å². The number of benzene rings is 1. The molecule has 0 saturated heterocycles. The predicted octanol–water partition coefficient (Wildman–Crippen LogP) is 3.23. The maximum absolute atomic E-state index is 13.7. The second kappa shape index (κ2) is 4.83. The summed E-state index contributed by atoms with van der Waals surface area (Å²) in [5, 5.41) is 2.46. The lowest BCUT2D eigenvalue weighted by Gasteiger charge is -2.11. The van der Waals surface area contributed by atoms with Gasteiger partial charge in [-0.2, -0.15) is 13.2 Å². The van der Waals surface area contributed by atoms with Gasteiger partial charge in [0.1, 0.15) is 5.82 Å². The van der Waals surface area contributed by atoms with E-state index in [1.54, 1.807) is 0 Å². The van der Waals surface area contributed by atoms with Crippen LogP contribution in [0.1, 0.15) is 29.3 Å². The molecule has 1 aromatic rings. The van der Waals surface area contributed by atoms with Crippen LogP contribution < -0.4 is 5.32 Å². The molecule has 1 saturated carbocycles. The zero-order valence-corrected chi connectivity index (χ0v) is 10.2. The number of amides is 1. The van der Waals surface area contributed by atoms with Gasteiger partial charge in [0.25, 0.3) is 5.91 Å². The van der Waals surface area contributed by atoms with Crippen molar-refractivity contribution in [3.8, 4) is 0 Å². The first kappa shape index (κ1) is 13.8. The van der Waals surface area contributed by atoms with Gasteiger partial charge in [0.05, 0.1) is 11.1 Å². The van der Waals surface area contributed by atoms with Crippen LogP contribution in [0.2, 0.25) is 0 Å². The number of nitrogens with one attached hydrogen (secondary N) is 1. The van der Waals surface area contributed by atoms with Crippen molar-refractivity contribution in [1.29, 1.82) is 0 Å². The average molecular weight is 275 g/mol. The summed E-state index contributed by atoms with van der Waals surface area (Å²) in [6, 6.07) is 2.70. The van der Waals surface area contributed by atoms with Gasteiger partial charge in [-0.25, -0.2) is 4.39 Å². The second-order valence-electron chi connectivity index (χ2n) is 4.85. The van der Waals surface area contributed by atoms with Crippen molar-refractivity contribution in [2.45, 2.75) is 19.5 Å². The summed E-state index contributed by atoms with van der Waals surface area (Å²) in [5.41, 5.74) is -1.98. The molecular weight excluding hydrogens is 262 g/mol. The highest BCUT2D eigenvalue weighted by Gasteiger charge is 2.36. The Morgan fingerprint density at radius 3 is 2.58 bits per heavy atom. The fourth-order valence-corrected chi connectivity index (χ4v) is 1.93. The van der Waals surface area contributed by atoms with Crippen molar-refractivity contribution in [3.05, 3.63) is 35.1 Å². The van der Waals surface area contributed by atoms with E-state index < -0.39 is 29.0 Å². The van der Waals surface area contributed by atoms with Gasteiger partial charge < -0.3 is 5.32 Å². The predicted molar refractivity (Wildman–Crippen MR) is 61.0 cm³/mol. The van der Waals surface area contributed by atoms with Crippen LogP contribution in [0.25, 0.3) is 0 Å².